The van der Waals surface area contributed by atoms with Gasteiger partial charge < -0.3 is 19.2 Å². The number of alkyl halides is 3. The van der Waals surface area contributed by atoms with Gasteiger partial charge in [-0.15, -0.1) is 0 Å². The fraction of sp³-hybridized carbons (Fsp3) is 0.163. The van der Waals surface area contributed by atoms with Gasteiger partial charge in [0, 0.05) is 0 Å². The number of ether oxygens (including phenoxy) is 3. The first-order valence-electron chi connectivity index (χ1n) is 20.2. The number of hydrogen-bond acceptors (Lipinski definition) is 9. The van der Waals surface area contributed by atoms with Crippen LogP contribution in [0.4, 0.5) is 13.2 Å². The Hall–Kier alpha value is -6.75. The molecular formula is C49H39F3N4O7S. The van der Waals surface area contributed by atoms with Crippen LogP contribution in [0, 0.1) is 0 Å². The minimum absolute atomic E-state index is 0.111. The highest BCUT2D eigenvalue weighted by atomic mass is 32.2. The summed E-state index contributed by atoms with van der Waals surface area (Å²) in [5, 5.41) is 0. The summed E-state index contributed by atoms with van der Waals surface area (Å²) < 4.78 is 98.4. The van der Waals surface area contributed by atoms with E-state index >= 15 is 0 Å². The summed E-state index contributed by atoms with van der Waals surface area (Å²) in [6, 6.07) is 55.3. The molecule has 1 aliphatic heterocycles. The molecule has 11 nitrogen and oxygen atoms in total. The molecule has 1 aliphatic rings. The van der Waals surface area contributed by atoms with Gasteiger partial charge in [-0.3, -0.25) is 13.5 Å². The van der Waals surface area contributed by atoms with Crippen molar-refractivity contribution in [2.45, 2.75) is 41.3 Å². The highest BCUT2D eigenvalue weighted by Gasteiger charge is 2.58. The van der Waals surface area contributed by atoms with Gasteiger partial charge in [0.1, 0.15) is 23.4 Å². The maximum absolute atomic E-state index is 14.6. The second-order valence-corrected chi connectivity index (χ2v) is 16.6. The number of hydrogen-bond donors (Lipinski definition) is 1. The molecule has 1 saturated heterocycles. The van der Waals surface area contributed by atoms with Crippen molar-refractivity contribution in [1.29, 1.82) is 0 Å². The van der Waals surface area contributed by atoms with Gasteiger partial charge in [0.15, 0.2) is 23.5 Å². The fourth-order valence-electron chi connectivity index (χ4n) is 8.46. The van der Waals surface area contributed by atoms with Gasteiger partial charge in [0.2, 0.25) is 0 Å². The molecule has 0 saturated carbocycles. The Labute approximate surface area is 365 Å². The Morgan fingerprint density at radius 3 is 1.41 bits per heavy atom. The molecule has 2 aromatic heterocycles. The predicted molar refractivity (Wildman–Crippen MR) is 231 cm³/mol. The van der Waals surface area contributed by atoms with Crippen LogP contribution < -0.4 is 5.56 Å². The standard InChI is InChI=1S/C49H39F3N4O7S/c50-49(51,52)64(58,59)63-43-42(62-48(37-25-13-4-14-26-37,38-27-15-5-16-28-38)39-29-17-6-18-30-39)40(61-46(43)56-33-55-41-44(56)53-32-54-45(41)57)31-60-47(34-19-7-1-8-20-34,35-21-9-2-10-22-35)36-23-11-3-12-24-36/h1-30,32-33,40,42-43,46H,31H2,(H,53,54,57)/t40-,42-,43-,46-/m1/s1. The van der Waals surface area contributed by atoms with Crippen molar-refractivity contribution >= 4 is 21.3 Å². The highest BCUT2D eigenvalue weighted by molar-refractivity contribution is 7.87. The summed E-state index contributed by atoms with van der Waals surface area (Å²) in [6.45, 7) is -0.416. The first-order chi connectivity index (χ1) is 31.0. The van der Waals surface area contributed by atoms with E-state index in [-0.39, 0.29) is 11.2 Å². The van der Waals surface area contributed by atoms with Crippen LogP contribution in [0.2, 0.25) is 0 Å². The Balaban J connectivity index is 1.29. The molecule has 64 heavy (non-hydrogen) atoms. The first kappa shape index (κ1) is 42.5. The van der Waals surface area contributed by atoms with Crippen LogP contribution in [0.15, 0.2) is 199 Å². The van der Waals surface area contributed by atoms with Crippen LogP contribution >= 0.6 is 0 Å². The molecule has 0 radical (unpaired) electrons. The number of fused-ring (bicyclic) bond motifs is 1. The van der Waals surface area contributed by atoms with Crippen molar-refractivity contribution in [2.24, 2.45) is 0 Å². The minimum Gasteiger partial charge on any atom is -0.358 e. The summed E-state index contributed by atoms with van der Waals surface area (Å²) in [5.74, 6) is 0. The van der Waals surface area contributed by atoms with E-state index in [1.807, 2.05) is 146 Å². The monoisotopic (exact) mass is 884 g/mol. The lowest BCUT2D eigenvalue weighted by molar-refractivity contribution is -0.131. The Bertz CT molecular complexity index is 2790. The van der Waals surface area contributed by atoms with Gasteiger partial charge >= 0.3 is 15.6 Å². The maximum atomic E-state index is 14.6. The lowest BCUT2D eigenvalue weighted by Crippen LogP contribution is -2.48. The predicted octanol–water partition coefficient (Wildman–Crippen LogP) is 8.64. The van der Waals surface area contributed by atoms with Gasteiger partial charge in [0.05, 0.1) is 19.3 Å². The Kier molecular flexibility index (Phi) is 11.6. The zero-order chi connectivity index (χ0) is 44.4. The van der Waals surface area contributed by atoms with E-state index in [9.17, 15) is 26.4 Å². The van der Waals surface area contributed by atoms with Crippen LogP contribution in [0.3, 0.4) is 0 Å². The van der Waals surface area contributed by atoms with Crippen LogP contribution in [-0.4, -0.2) is 58.4 Å². The molecule has 9 rings (SSSR count). The average Bonchev–Trinajstić information content (AvgIpc) is 3.91. The van der Waals surface area contributed by atoms with Crippen molar-refractivity contribution < 1.29 is 40.0 Å². The van der Waals surface area contributed by atoms with E-state index in [0.717, 1.165) is 12.7 Å². The fourth-order valence-corrected chi connectivity index (χ4v) is 9.07. The van der Waals surface area contributed by atoms with Crippen molar-refractivity contribution in [3.8, 4) is 0 Å². The summed E-state index contributed by atoms with van der Waals surface area (Å²) in [5.41, 5.74) is -6.00. The zero-order valence-electron chi connectivity index (χ0n) is 33.7. The third kappa shape index (κ3) is 7.71. The van der Waals surface area contributed by atoms with Crippen LogP contribution in [0.1, 0.15) is 39.6 Å². The number of nitrogens with zero attached hydrogens (tertiary/aromatic N) is 3. The third-order valence-electron chi connectivity index (χ3n) is 11.3. The van der Waals surface area contributed by atoms with Crippen LogP contribution in [-0.2, 0) is 39.7 Å². The molecule has 324 valence electrons. The van der Waals surface area contributed by atoms with Gasteiger partial charge in [-0.25, -0.2) is 9.97 Å². The van der Waals surface area contributed by atoms with Crippen molar-refractivity contribution in [3.63, 3.8) is 0 Å². The quantitative estimate of drug-likeness (QED) is 0.0647. The molecule has 0 unspecified atom stereocenters. The smallest absolute Gasteiger partial charge is 0.358 e. The second kappa shape index (κ2) is 17.4. The number of H-pyrrole nitrogens is 1. The summed E-state index contributed by atoms with van der Waals surface area (Å²) >= 11 is 0. The number of aromatic amines is 1. The highest BCUT2D eigenvalue weighted by Crippen LogP contribution is 2.48. The SMILES string of the molecule is O=c1[nH]cnc2c1ncn2[C@@H]1O[C@H](COC(c2ccccc2)(c2ccccc2)c2ccccc2)[C@@H](OC(c2ccccc2)(c2ccccc2)c2ccccc2)[C@H]1OS(=O)(=O)C(F)(F)F. The lowest BCUT2D eigenvalue weighted by Gasteiger charge is -2.41. The Morgan fingerprint density at radius 2 is 1.00 bits per heavy atom. The maximum Gasteiger partial charge on any atom is 0.523 e. The number of imidazole rings is 1. The number of benzene rings is 6. The molecule has 0 aliphatic carbocycles. The molecule has 6 aromatic carbocycles. The zero-order valence-corrected chi connectivity index (χ0v) is 34.5. The van der Waals surface area contributed by atoms with Crippen molar-refractivity contribution in [1.82, 2.24) is 19.5 Å². The first-order valence-corrected chi connectivity index (χ1v) is 21.6. The van der Waals surface area contributed by atoms with E-state index in [4.69, 9.17) is 18.4 Å². The molecule has 4 atom stereocenters. The van der Waals surface area contributed by atoms with Crippen LogP contribution in [0.5, 0.6) is 0 Å². The molecule has 1 N–H and O–H groups in total. The Morgan fingerprint density at radius 1 is 0.594 bits per heavy atom. The van der Waals surface area contributed by atoms with Gasteiger partial charge in [-0.05, 0) is 33.4 Å². The van der Waals surface area contributed by atoms with E-state index in [1.54, 1.807) is 36.4 Å². The normalized spacial score (nSPS) is 18.3. The summed E-state index contributed by atoms with van der Waals surface area (Å²) in [4.78, 5) is 23.8. The van der Waals surface area contributed by atoms with E-state index in [1.165, 1.54) is 4.57 Å². The number of aromatic nitrogens is 4. The average molecular weight is 885 g/mol. The second-order valence-electron chi connectivity index (χ2n) is 15.0. The summed E-state index contributed by atoms with van der Waals surface area (Å²) in [6.07, 6.45) is -4.71. The number of rotatable bonds is 14. The van der Waals surface area contributed by atoms with E-state index in [0.29, 0.717) is 33.4 Å². The van der Waals surface area contributed by atoms with E-state index in [2.05, 4.69) is 15.0 Å². The molecule has 8 aromatic rings. The third-order valence-corrected chi connectivity index (χ3v) is 12.3. The molecule has 1 fully saturated rings. The number of nitrogens with one attached hydrogen (secondary N) is 1. The van der Waals surface area contributed by atoms with E-state index < -0.39 is 63.5 Å². The number of halogens is 3. The topological polar surface area (TPSA) is 135 Å². The van der Waals surface area contributed by atoms with Crippen molar-refractivity contribution in [3.05, 3.63) is 238 Å². The molecular weight excluding hydrogens is 846 g/mol. The van der Waals surface area contributed by atoms with Crippen LogP contribution in [0.25, 0.3) is 11.2 Å². The molecule has 15 heteroatoms. The largest absolute Gasteiger partial charge is 0.523 e. The lowest BCUT2D eigenvalue weighted by atomic mass is 9.79. The minimum atomic E-state index is -6.37. The molecule has 0 bridgehead atoms. The van der Waals surface area contributed by atoms with Gasteiger partial charge in [-0.1, -0.05) is 182 Å². The summed E-state index contributed by atoms with van der Waals surface area (Å²) in [7, 11) is -6.37. The van der Waals surface area contributed by atoms with Gasteiger partial charge in [0.25, 0.3) is 5.56 Å². The molecule has 3 heterocycles. The van der Waals surface area contributed by atoms with Crippen molar-refractivity contribution in [2.75, 3.05) is 6.61 Å². The van der Waals surface area contributed by atoms with Gasteiger partial charge in [-0.2, -0.15) is 21.6 Å². The molecule has 0 spiro atoms. The molecule has 0 amide bonds.